The summed E-state index contributed by atoms with van der Waals surface area (Å²) >= 11 is 0. The molecule has 0 atom stereocenters. The van der Waals surface area contributed by atoms with Crippen LogP contribution in [0.4, 0.5) is 11.4 Å². The van der Waals surface area contributed by atoms with Crippen LogP contribution >= 0.6 is 0 Å². The monoisotopic (exact) mass is 278 g/mol. The van der Waals surface area contributed by atoms with Gasteiger partial charge < -0.3 is 27.3 Å². The number of ether oxygens (including phenoxy) is 1. The number of methoxy groups -OCH3 is 1. The highest BCUT2D eigenvalue weighted by Gasteiger charge is 2.07. The molecular formula is C12H18N6O2. The maximum atomic E-state index is 11.4. The standard InChI is InChI=1S/C12H18N6O2/c1-3-10(19)17-8-5-4-7(6-9(8)20-2)16-12(15)18-11(13)14/h4-6H,3H2,1-2H3,(H,17,19)(H6,13,14,15,16,18). The van der Waals surface area contributed by atoms with Crippen molar-refractivity contribution in [3.05, 3.63) is 18.2 Å². The minimum atomic E-state index is -0.176. The summed E-state index contributed by atoms with van der Waals surface area (Å²) in [6.07, 6.45) is 0.375. The zero-order valence-corrected chi connectivity index (χ0v) is 11.4. The molecule has 0 spiro atoms. The van der Waals surface area contributed by atoms with Crippen LogP contribution in [-0.4, -0.2) is 24.9 Å². The Kier molecular flexibility index (Phi) is 5.33. The smallest absolute Gasteiger partial charge is 0.224 e. The molecule has 1 amide bonds. The second-order valence-corrected chi connectivity index (χ2v) is 3.79. The van der Waals surface area contributed by atoms with Crippen LogP contribution in [0.2, 0.25) is 0 Å². The number of hydrogen-bond acceptors (Lipinski definition) is 3. The first-order chi connectivity index (χ1) is 9.46. The summed E-state index contributed by atoms with van der Waals surface area (Å²) < 4.78 is 5.18. The second kappa shape index (κ2) is 6.98. The van der Waals surface area contributed by atoms with E-state index >= 15 is 0 Å². The lowest BCUT2D eigenvalue weighted by Gasteiger charge is -2.10. The molecule has 20 heavy (non-hydrogen) atoms. The third-order valence-corrected chi connectivity index (χ3v) is 2.27. The number of benzene rings is 1. The van der Waals surface area contributed by atoms with Gasteiger partial charge >= 0.3 is 0 Å². The van der Waals surface area contributed by atoms with Crippen LogP contribution < -0.4 is 27.3 Å². The average Bonchev–Trinajstić information content (AvgIpc) is 2.39. The predicted octanol–water partition coefficient (Wildman–Crippen LogP) is 0.263. The lowest BCUT2D eigenvalue weighted by atomic mass is 10.2. The van der Waals surface area contributed by atoms with E-state index in [2.05, 4.69) is 15.3 Å². The second-order valence-electron chi connectivity index (χ2n) is 3.79. The maximum absolute atomic E-state index is 11.4. The number of carbonyl (C=O) groups excluding carboxylic acids is 1. The number of nitrogens with two attached hydrogens (primary N) is 3. The maximum Gasteiger partial charge on any atom is 0.224 e. The fourth-order valence-corrected chi connectivity index (χ4v) is 1.38. The van der Waals surface area contributed by atoms with E-state index in [1.807, 2.05) is 0 Å². The van der Waals surface area contributed by atoms with Crippen molar-refractivity contribution in [1.82, 2.24) is 0 Å². The Labute approximate surface area is 116 Å². The van der Waals surface area contributed by atoms with Gasteiger partial charge in [-0.3, -0.25) is 4.79 Å². The minimum absolute atomic E-state index is 0.0719. The summed E-state index contributed by atoms with van der Waals surface area (Å²) in [6.45, 7) is 1.76. The van der Waals surface area contributed by atoms with Gasteiger partial charge in [0, 0.05) is 12.5 Å². The Morgan fingerprint density at radius 1 is 1.35 bits per heavy atom. The Hall–Kier alpha value is -2.77. The molecular weight excluding hydrogens is 260 g/mol. The molecule has 1 aromatic rings. The van der Waals surface area contributed by atoms with E-state index in [9.17, 15) is 4.79 Å². The first-order valence-electron chi connectivity index (χ1n) is 5.88. The summed E-state index contributed by atoms with van der Waals surface area (Å²) in [4.78, 5) is 19.0. The van der Waals surface area contributed by atoms with Crippen molar-refractivity contribution in [1.29, 1.82) is 0 Å². The molecule has 0 aliphatic carbocycles. The number of rotatable bonds is 4. The number of nitrogens with zero attached hydrogens (tertiary/aromatic N) is 2. The Morgan fingerprint density at radius 2 is 2.05 bits per heavy atom. The van der Waals surface area contributed by atoms with Crippen molar-refractivity contribution in [3.8, 4) is 5.75 Å². The van der Waals surface area contributed by atoms with E-state index in [4.69, 9.17) is 21.9 Å². The SMILES string of the molecule is CCC(=O)Nc1ccc(N=C(N)N=C(N)N)cc1OC. The van der Waals surface area contributed by atoms with Crippen LogP contribution in [0.5, 0.6) is 5.75 Å². The van der Waals surface area contributed by atoms with E-state index in [1.54, 1.807) is 25.1 Å². The molecule has 108 valence electrons. The normalized spacial score (nSPS) is 10.8. The third-order valence-electron chi connectivity index (χ3n) is 2.27. The molecule has 0 saturated carbocycles. The zero-order valence-electron chi connectivity index (χ0n) is 11.4. The summed E-state index contributed by atoms with van der Waals surface area (Å²) in [5, 5.41) is 2.71. The molecule has 0 saturated heterocycles. The number of anilines is 1. The van der Waals surface area contributed by atoms with Crippen molar-refractivity contribution in [2.75, 3.05) is 12.4 Å². The predicted molar refractivity (Wildman–Crippen MR) is 79.0 cm³/mol. The number of guanidine groups is 2. The first-order valence-corrected chi connectivity index (χ1v) is 5.88. The fraction of sp³-hybridized carbons (Fsp3) is 0.250. The van der Waals surface area contributed by atoms with E-state index in [-0.39, 0.29) is 17.8 Å². The van der Waals surface area contributed by atoms with Gasteiger partial charge in [0.25, 0.3) is 0 Å². The van der Waals surface area contributed by atoms with Crippen molar-refractivity contribution in [2.45, 2.75) is 13.3 Å². The minimum Gasteiger partial charge on any atom is -0.494 e. The lowest BCUT2D eigenvalue weighted by molar-refractivity contribution is -0.115. The molecule has 1 rings (SSSR count). The Bertz CT molecular complexity index is 549. The molecule has 7 N–H and O–H groups in total. The van der Waals surface area contributed by atoms with Crippen molar-refractivity contribution in [2.24, 2.45) is 27.2 Å². The number of carbonyl (C=O) groups is 1. The van der Waals surface area contributed by atoms with Crippen molar-refractivity contribution >= 4 is 29.2 Å². The Balaban J connectivity index is 3.03. The summed E-state index contributed by atoms with van der Waals surface area (Å²) in [5.74, 6) is 0.104. The van der Waals surface area contributed by atoms with Gasteiger partial charge in [-0.1, -0.05) is 6.92 Å². The number of hydrogen-bond donors (Lipinski definition) is 4. The van der Waals surface area contributed by atoms with Crippen LogP contribution in [0.3, 0.4) is 0 Å². The molecule has 0 radical (unpaired) electrons. The lowest BCUT2D eigenvalue weighted by Crippen LogP contribution is -2.26. The van der Waals surface area contributed by atoms with Gasteiger partial charge in [-0.25, -0.2) is 4.99 Å². The van der Waals surface area contributed by atoms with Gasteiger partial charge in [0.2, 0.25) is 11.9 Å². The van der Waals surface area contributed by atoms with Gasteiger partial charge in [-0.15, -0.1) is 0 Å². The average molecular weight is 278 g/mol. The number of nitrogens with one attached hydrogen (secondary N) is 1. The van der Waals surface area contributed by atoms with Gasteiger partial charge in [-0.2, -0.15) is 4.99 Å². The molecule has 8 nitrogen and oxygen atoms in total. The van der Waals surface area contributed by atoms with Crippen molar-refractivity contribution < 1.29 is 9.53 Å². The molecule has 0 aliphatic rings. The molecule has 0 heterocycles. The van der Waals surface area contributed by atoms with Crippen LogP contribution in [-0.2, 0) is 4.79 Å². The molecule has 0 unspecified atom stereocenters. The molecule has 0 bridgehead atoms. The van der Waals surface area contributed by atoms with Crippen LogP contribution in [0.25, 0.3) is 0 Å². The number of aliphatic imine (C=N–C) groups is 2. The summed E-state index contributed by atoms with van der Waals surface area (Å²) in [7, 11) is 1.49. The van der Waals surface area contributed by atoms with Gasteiger partial charge in [-0.05, 0) is 12.1 Å². The van der Waals surface area contributed by atoms with Crippen LogP contribution in [0.15, 0.2) is 28.2 Å². The van der Waals surface area contributed by atoms with Crippen molar-refractivity contribution in [3.63, 3.8) is 0 Å². The summed E-state index contributed by atoms with van der Waals surface area (Å²) in [6, 6.07) is 4.93. The molecule has 8 heteroatoms. The van der Waals surface area contributed by atoms with E-state index in [0.717, 1.165) is 0 Å². The van der Waals surface area contributed by atoms with Gasteiger partial charge in [0.05, 0.1) is 18.5 Å². The highest BCUT2D eigenvalue weighted by molar-refractivity contribution is 5.94. The summed E-state index contributed by atoms with van der Waals surface area (Å²) in [5.41, 5.74) is 17.0. The fourth-order valence-electron chi connectivity index (χ4n) is 1.38. The zero-order chi connectivity index (χ0) is 15.1. The molecule has 0 aliphatic heterocycles. The van der Waals surface area contributed by atoms with E-state index < -0.39 is 0 Å². The topological polar surface area (TPSA) is 141 Å². The largest absolute Gasteiger partial charge is 0.494 e. The van der Waals surface area contributed by atoms with E-state index in [0.29, 0.717) is 23.5 Å². The Morgan fingerprint density at radius 3 is 2.60 bits per heavy atom. The molecule has 0 aromatic heterocycles. The molecule has 0 fully saturated rings. The highest BCUT2D eigenvalue weighted by atomic mass is 16.5. The van der Waals surface area contributed by atoms with Gasteiger partial charge in [0.1, 0.15) is 5.75 Å². The first kappa shape index (κ1) is 15.3. The van der Waals surface area contributed by atoms with Crippen LogP contribution in [0.1, 0.15) is 13.3 Å². The van der Waals surface area contributed by atoms with Gasteiger partial charge in [0.15, 0.2) is 5.96 Å². The quantitative estimate of drug-likeness (QED) is 0.462. The third kappa shape index (κ3) is 4.48. The highest BCUT2D eigenvalue weighted by Crippen LogP contribution is 2.29. The number of amides is 1. The van der Waals surface area contributed by atoms with Crippen LogP contribution in [0, 0.1) is 0 Å². The molecule has 1 aromatic carbocycles. The van der Waals surface area contributed by atoms with E-state index in [1.165, 1.54) is 7.11 Å².